The molecule has 0 spiro atoms. The lowest BCUT2D eigenvalue weighted by Crippen LogP contribution is -2.16. The molecule has 0 saturated carbocycles. The van der Waals surface area contributed by atoms with Gasteiger partial charge in [-0.05, 0) is 46.6 Å². The normalized spacial score (nSPS) is 10.2. The summed E-state index contributed by atoms with van der Waals surface area (Å²) in [6.07, 6.45) is 2.61. The topological polar surface area (TPSA) is 54.0 Å². The highest BCUT2D eigenvalue weighted by atomic mass is 79.9. The smallest absolute Gasteiger partial charge is 0.259 e. The summed E-state index contributed by atoms with van der Waals surface area (Å²) in [7, 11) is 0. The number of carbonyl (C=O) groups is 1. The molecule has 0 aliphatic carbocycles. The summed E-state index contributed by atoms with van der Waals surface area (Å²) >= 11 is 9.38. The fourth-order valence-corrected chi connectivity index (χ4v) is 2.30. The molecule has 2 aromatic rings. The van der Waals surface area contributed by atoms with Crippen molar-refractivity contribution < 1.29 is 4.79 Å². The van der Waals surface area contributed by atoms with E-state index < -0.39 is 0 Å². The molecule has 1 heterocycles. The van der Waals surface area contributed by atoms with E-state index in [1.807, 2.05) is 0 Å². The summed E-state index contributed by atoms with van der Waals surface area (Å²) < 4.78 is 0.659. The summed E-state index contributed by atoms with van der Waals surface area (Å²) in [4.78, 5) is 16.6. The molecule has 0 fully saturated rings. The lowest BCUT2D eigenvalue weighted by molar-refractivity contribution is 0.102. The van der Waals surface area contributed by atoms with Crippen LogP contribution in [-0.4, -0.2) is 17.4 Å². The molecule has 0 aliphatic rings. The van der Waals surface area contributed by atoms with E-state index >= 15 is 0 Å². The zero-order valence-corrected chi connectivity index (χ0v) is 13.8. The first-order valence-electron chi connectivity index (χ1n) is 6.57. The molecule has 0 aliphatic heterocycles. The predicted octanol–water partition coefficient (Wildman–Crippen LogP) is 4.57. The number of pyridine rings is 1. The monoisotopic (exact) mass is 367 g/mol. The first-order chi connectivity index (χ1) is 10.1. The van der Waals surface area contributed by atoms with Gasteiger partial charge < -0.3 is 10.6 Å². The van der Waals surface area contributed by atoms with Gasteiger partial charge in [-0.1, -0.05) is 24.6 Å². The first kappa shape index (κ1) is 15.8. The highest BCUT2D eigenvalue weighted by molar-refractivity contribution is 9.10. The van der Waals surface area contributed by atoms with Gasteiger partial charge in [0.2, 0.25) is 0 Å². The Morgan fingerprint density at radius 2 is 2.14 bits per heavy atom. The van der Waals surface area contributed by atoms with E-state index in [9.17, 15) is 4.79 Å². The summed E-state index contributed by atoms with van der Waals surface area (Å²) in [6, 6.07) is 8.78. The highest BCUT2D eigenvalue weighted by Crippen LogP contribution is 2.30. The number of anilines is 2. The van der Waals surface area contributed by atoms with Crippen molar-refractivity contribution in [3.63, 3.8) is 0 Å². The standard InChI is InChI=1S/C15H15BrClN3O/c1-2-8-18-14-10(5-4-9-19-14)15(21)20-12-7-3-6-11(17)13(12)16/h3-7,9H,2,8H2,1H3,(H,18,19)(H,20,21). The third-order valence-electron chi connectivity index (χ3n) is 2.79. The average molecular weight is 369 g/mol. The van der Waals surface area contributed by atoms with E-state index in [2.05, 4.69) is 38.5 Å². The number of carbonyl (C=O) groups excluding carboxylic acids is 1. The molecular formula is C15H15BrClN3O. The molecule has 0 bridgehead atoms. The average Bonchev–Trinajstić information content (AvgIpc) is 2.50. The van der Waals surface area contributed by atoms with Crippen molar-refractivity contribution in [2.75, 3.05) is 17.2 Å². The zero-order chi connectivity index (χ0) is 15.2. The molecule has 110 valence electrons. The van der Waals surface area contributed by atoms with E-state index in [1.165, 1.54) is 0 Å². The van der Waals surface area contributed by atoms with Crippen LogP contribution in [0.15, 0.2) is 41.0 Å². The largest absolute Gasteiger partial charge is 0.369 e. The number of amides is 1. The van der Waals surface area contributed by atoms with Gasteiger partial charge >= 0.3 is 0 Å². The Balaban J connectivity index is 2.22. The molecule has 2 rings (SSSR count). The van der Waals surface area contributed by atoms with Crippen molar-refractivity contribution >= 4 is 44.9 Å². The fourth-order valence-electron chi connectivity index (χ4n) is 1.76. The predicted molar refractivity (Wildman–Crippen MR) is 90.1 cm³/mol. The second-order valence-corrected chi connectivity index (χ2v) is 5.58. The lowest BCUT2D eigenvalue weighted by atomic mass is 10.2. The number of nitrogens with zero attached hydrogens (tertiary/aromatic N) is 1. The Bertz CT molecular complexity index is 649. The van der Waals surface area contributed by atoms with Gasteiger partial charge in [0.15, 0.2) is 0 Å². The van der Waals surface area contributed by atoms with Crippen LogP contribution in [0.25, 0.3) is 0 Å². The molecule has 0 radical (unpaired) electrons. The van der Waals surface area contributed by atoms with Gasteiger partial charge in [0.25, 0.3) is 5.91 Å². The van der Waals surface area contributed by atoms with Crippen molar-refractivity contribution in [2.24, 2.45) is 0 Å². The van der Waals surface area contributed by atoms with Crippen molar-refractivity contribution in [1.82, 2.24) is 4.98 Å². The van der Waals surface area contributed by atoms with Crippen LogP contribution < -0.4 is 10.6 Å². The van der Waals surface area contributed by atoms with Crippen LogP contribution in [0.2, 0.25) is 5.02 Å². The van der Waals surface area contributed by atoms with Crippen LogP contribution >= 0.6 is 27.5 Å². The lowest BCUT2D eigenvalue weighted by Gasteiger charge is -2.12. The highest BCUT2D eigenvalue weighted by Gasteiger charge is 2.14. The maximum Gasteiger partial charge on any atom is 0.259 e. The number of rotatable bonds is 5. The van der Waals surface area contributed by atoms with Gasteiger partial charge in [0.05, 0.1) is 20.7 Å². The van der Waals surface area contributed by atoms with Crippen LogP contribution in [0.4, 0.5) is 11.5 Å². The molecule has 4 nitrogen and oxygen atoms in total. The minimum atomic E-state index is -0.232. The minimum absolute atomic E-state index is 0.232. The van der Waals surface area contributed by atoms with Crippen LogP contribution in [0, 0.1) is 0 Å². The molecule has 1 aromatic heterocycles. The first-order valence-corrected chi connectivity index (χ1v) is 7.74. The minimum Gasteiger partial charge on any atom is -0.369 e. The van der Waals surface area contributed by atoms with Crippen LogP contribution in [0.5, 0.6) is 0 Å². The van der Waals surface area contributed by atoms with Crippen LogP contribution in [0.3, 0.4) is 0 Å². The van der Waals surface area contributed by atoms with Crippen molar-refractivity contribution in [3.8, 4) is 0 Å². The molecule has 0 saturated heterocycles. The Hall–Kier alpha value is -1.59. The third kappa shape index (κ3) is 3.95. The maximum absolute atomic E-state index is 12.4. The van der Waals surface area contributed by atoms with Gasteiger partial charge in [-0.15, -0.1) is 0 Å². The summed E-state index contributed by atoms with van der Waals surface area (Å²) in [5.74, 6) is 0.347. The molecule has 1 amide bonds. The summed E-state index contributed by atoms with van der Waals surface area (Å²) in [5.41, 5.74) is 1.12. The summed E-state index contributed by atoms with van der Waals surface area (Å²) in [5, 5.41) is 6.52. The number of hydrogen-bond acceptors (Lipinski definition) is 3. The molecule has 0 unspecified atom stereocenters. The van der Waals surface area contributed by atoms with Gasteiger partial charge in [-0.25, -0.2) is 4.98 Å². The number of aromatic nitrogens is 1. The SMILES string of the molecule is CCCNc1ncccc1C(=O)Nc1cccc(Cl)c1Br. The molecule has 0 atom stereocenters. The van der Waals surface area contributed by atoms with E-state index in [0.717, 1.165) is 13.0 Å². The van der Waals surface area contributed by atoms with Crippen LogP contribution in [-0.2, 0) is 0 Å². The van der Waals surface area contributed by atoms with Gasteiger partial charge in [0, 0.05) is 12.7 Å². The maximum atomic E-state index is 12.4. The second kappa shape index (κ2) is 7.43. The van der Waals surface area contributed by atoms with Gasteiger partial charge in [-0.3, -0.25) is 4.79 Å². The number of hydrogen-bond donors (Lipinski definition) is 2. The van der Waals surface area contributed by atoms with E-state index in [1.54, 1.807) is 36.5 Å². The Labute approximate surface area is 137 Å². The van der Waals surface area contributed by atoms with Gasteiger partial charge in [0.1, 0.15) is 5.82 Å². The molecule has 1 aromatic carbocycles. The van der Waals surface area contributed by atoms with E-state index in [-0.39, 0.29) is 5.91 Å². The van der Waals surface area contributed by atoms with E-state index in [4.69, 9.17) is 11.6 Å². The molecule has 6 heteroatoms. The number of benzene rings is 1. The second-order valence-electron chi connectivity index (χ2n) is 4.38. The number of halogens is 2. The molecular weight excluding hydrogens is 354 g/mol. The van der Waals surface area contributed by atoms with Crippen molar-refractivity contribution in [3.05, 3.63) is 51.6 Å². The third-order valence-corrected chi connectivity index (χ3v) is 4.19. The fraction of sp³-hybridized carbons (Fsp3) is 0.200. The Morgan fingerprint density at radius 1 is 1.33 bits per heavy atom. The zero-order valence-electron chi connectivity index (χ0n) is 11.5. The Kier molecular flexibility index (Phi) is 5.59. The van der Waals surface area contributed by atoms with Crippen molar-refractivity contribution in [2.45, 2.75) is 13.3 Å². The molecule has 21 heavy (non-hydrogen) atoms. The summed E-state index contributed by atoms with van der Waals surface area (Å²) in [6.45, 7) is 2.82. The molecule has 2 N–H and O–H groups in total. The number of nitrogens with one attached hydrogen (secondary N) is 2. The quantitative estimate of drug-likeness (QED) is 0.812. The van der Waals surface area contributed by atoms with Gasteiger partial charge in [-0.2, -0.15) is 0 Å². The van der Waals surface area contributed by atoms with Crippen LogP contribution in [0.1, 0.15) is 23.7 Å². The van der Waals surface area contributed by atoms with Crippen molar-refractivity contribution in [1.29, 1.82) is 0 Å². The Morgan fingerprint density at radius 3 is 2.90 bits per heavy atom. The van der Waals surface area contributed by atoms with E-state index in [0.29, 0.717) is 26.6 Å².